The van der Waals surface area contributed by atoms with Crippen molar-refractivity contribution in [1.29, 1.82) is 0 Å². The summed E-state index contributed by atoms with van der Waals surface area (Å²) in [4.78, 5) is 8.19. The molecule has 1 aromatic rings. The first-order valence-electron chi connectivity index (χ1n) is 5.90. The summed E-state index contributed by atoms with van der Waals surface area (Å²) in [6, 6.07) is 1.81. The van der Waals surface area contributed by atoms with Crippen LogP contribution >= 0.6 is 11.6 Å². The van der Waals surface area contributed by atoms with Crippen LogP contribution < -0.4 is 10.1 Å². The Bertz CT molecular complexity index is 333. The van der Waals surface area contributed by atoms with E-state index in [4.69, 9.17) is 16.3 Å². The summed E-state index contributed by atoms with van der Waals surface area (Å²) in [7, 11) is 0. The Kier molecular flexibility index (Phi) is 6.05. The molecule has 0 saturated carbocycles. The molecule has 0 aliphatic rings. The molecule has 0 aliphatic carbocycles. The summed E-state index contributed by atoms with van der Waals surface area (Å²) in [5.74, 6) is 2.60. The van der Waals surface area contributed by atoms with Crippen LogP contribution in [0.1, 0.15) is 27.2 Å². The van der Waals surface area contributed by atoms with E-state index in [9.17, 15) is 0 Å². The maximum Gasteiger partial charge on any atom is 0.218 e. The fourth-order valence-corrected chi connectivity index (χ4v) is 1.68. The number of anilines is 1. The van der Waals surface area contributed by atoms with Crippen molar-refractivity contribution in [1.82, 2.24) is 9.97 Å². The number of aromatic nitrogens is 2. The molecule has 5 heteroatoms. The van der Waals surface area contributed by atoms with E-state index < -0.39 is 0 Å². The van der Waals surface area contributed by atoms with E-state index in [0.29, 0.717) is 17.7 Å². The van der Waals surface area contributed by atoms with Gasteiger partial charge in [0.15, 0.2) is 0 Å². The molecule has 17 heavy (non-hydrogen) atoms. The van der Waals surface area contributed by atoms with Crippen LogP contribution in [0.5, 0.6) is 5.88 Å². The number of rotatable bonds is 7. The lowest BCUT2D eigenvalue weighted by atomic mass is 10.1. The second-order valence-corrected chi connectivity index (χ2v) is 4.75. The fraction of sp³-hybridized carbons (Fsp3) is 0.667. The third-order valence-corrected chi connectivity index (χ3v) is 2.45. The van der Waals surface area contributed by atoms with E-state index in [0.717, 1.165) is 18.8 Å². The molecule has 1 unspecified atom stereocenters. The van der Waals surface area contributed by atoms with Gasteiger partial charge in [-0.1, -0.05) is 6.92 Å². The SMILES string of the molecule is CC(CCCl)CNc1cc(OC(C)C)ncn1. The maximum absolute atomic E-state index is 5.69. The van der Waals surface area contributed by atoms with Gasteiger partial charge >= 0.3 is 0 Å². The Morgan fingerprint density at radius 2 is 2.12 bits per heavy atom. The molecule has 1 aromatic heterocycles. The quantitative estimate of drug-likeness (QED) is 0.763. The Hall–Kier alpha value is -1.03. The van der Waals surface area contributed by atoms with Crippen molar-refractivity contribution in [3.8, 4) is 5.88 Å². The molecule has 1 N–H and O–H groups in total. The highest BCUT2D eigenvalue weighted by Crippen LogP contribution is 2.13. The lowest BCUT2D eigenvalue weighted by Crippen LogP contribution is -2.13. The van der Waals surface area contributed by atoms with Crippen LogP contribution in [0, 0.1) is 5.92 Å². The number of ether oxygens (including phenoxy) is 1. The number of hydrogen-bond acceptors (Lipinski definition) is 4. The van der Waals surface area contributed by atoms with Crippen molar-refractivity contribution >= 4 is 17.4 Å². The average molecular weight is 258 g/mol. The normalized spacial score (nSPS) is 12.5. The number of alkyl halides is 1. The minimum atomic E-state index is 0.118. The second-order valence-electron chi connectivity index (χ2n) is 4.37. The van der Waals surface area contributed by atoms with E-state index >= 15 is 0 Å². The molecule has 0 bridgehead atoms. The zero-order valence-corrected chi connectivity index (χ0v) is 11.4. The van der Waals surface area contributed by atoms with Crippen LogP contribution in [0.15, 0.2) is 12.4 Å². The molecule has 0 saturated heterocycles. The molecule has 1 heterocycles. The first kappa shape index (κ1) is 14.0. The van der Waals surface area contributed by atoms with Crippen molar-refractivity contribution in [2.75, 3.05) is 17.7 Å². The standard InChI is InChI=1S/C12H20ClN3O/c1-9(2)17-12-6-11(15-8-16-12)14-7-10(3)4-5-13/h6,8-10H,4-5,7H2,1-3H3,(H,14,15,16). The lowest BCUT2D eigenvalue weighted by Gasteiger charge is -2.13. The van der Waals surface area contributed by atoms with Crippen LogP contribution in [-0.2, 0) is 0 Å². The van der Waals surface area contributed by atoms with Crippen LogP contribution in [0.3, 0.4) is 0 Å². The Balaban J connectivity index is 2.48. The third kappa shape index (κ3) is 5.73. The lowest BCUT2D eigenvalue weighted by molar-refractivity contribution is 0.232. The Morgan fingerprint density at radius 1 is 1.35 bits per heavy atom. The highest BCUT2D eigenvalue weighted by Gasteiger charge is 2.04. The van der Waals surface area contributed by atoms with E-state index in [1.165, 1.54) is 6.33 Å². The van der Waals surface area contributed by atoms with Gasteiger partial charge in [0.05, 0.1) is 6.10 Å². The largest absolute Gasteiger partial charge is 0.475 e. The summed E-state index contributed by atoms with van der Waals surface area (Å²) < 4.78 is 5.50. The fourth-order valence-electron chi connectivity index (χ4n) is 1.31. The Labute approximate surface area is 108 Å². The summed E-state index contributed by atoms with van der Waals surface area (Å²) in [5, 5.41) is 3.25. The van der Waals surface area contributed by atoms with E-state index in [1.54, 1.807) is 0 Å². The zero-order chi connectivity index (χ0) is 12.7. The van der Waals surface area contributed by atoms with Gasteiger partial charge in [-0.05, 0) is 26.2 Å². The molecular formula is C12H20ClN3O. The minimum absolute atomic E-state index is 0.118. The third-order valence-electron chi connectivity index (χ3n) is 2.23. The van der Waals surface area contributed by atoms with Gasteiger partial charge in [0.2, 0.25) is 5.88 Å². The summed E-state index contributed by atoms with van der Waals surface area (Å²) in [6.45, 7) is 6.95. The molecule has 0 radical (unpaired) electrons. The van der Waals surface area contributed by atoms with Gasteiger partial charge < -0.3 is 10.1 Å². The number of hydrogen-bond donors (Lipinski definition) is 1. The number of nitrogens with zero attached hydrogens (tertiary/aromatic N) is 2. The highest BCUT2D eigenvalue weighted by atomic mass is 35.5. The highest BCUT2D eigenvalue weighted by molar-refractivity contribution is 6.17. The number of nitrogens with one attached hydrogen (secondary N) is 1. The molecule has 96 valence electrons. The maximum atomic E-state index is 5.69. The van der Waals surface area contributed by atoms with Crippen molar-refractivity contribution < 1.29 is 4.74 Å². The van der Waals surface area contributed by atoms with Gasteiger partial charge in [0, 0.05) is 18.5 Å². The zero-order valence-electron chi connectivity index (χ0n) is 10.6. The molecular weight excluding hydrogens is 238 g/mol. The summed E-state index contributed by atoms with van der Waals surface area (Å²) >= 11 is 5.69. The summed E-state index contributed by atoms with van der Waals surface area (Å²) in [6.07, 6.45) is 2.62. The second kappa shape index (κ2) is 7.33. The van der Waals surface area contributed by atoms with Crippen molar-refractivity contribution in [3.05, 3.63) is 12.4 Å². The van der Waals surface area contributed by atoms with Crippen molar-refractivity contribution in [2.45, 2.75) is 33.3 Å². The van der Waals surface area contributed by atoms with Gasteiger partial charge in [-0.3, -0.25) is 0 Å². The molecule has 0 amide bonds. The smallest absolute Gasteiger partial charge is 0.218 e. The average Bonchev–Trinajstić information content (AvgIpc) is 2.26. The molecule has 4 nitrogen and oxygen atoms in total. The number of halogens is 1. The van der Waals surface area contributed by atoms with E-state index in [-0.39, 0.29) is 6.10 Å². The van der Waals surface area contributed by atoms with E-state index in [2.05, 4.69) is 22.2 Å². The minimum Gasteiger partial charge on any atom is -0.475 e. The van der Waals surface area contributed by atoms with Gasteiger partial charge in [-0.2, -0.15) is 0 Å². The molecule has 0 spiro atoms. The van der Waals surface area contributed by atoms with Crippen LogP contribution in [0.2, 0.25) is 0 Å². The molecule has 0 fully saturated rings. The van der Waals surface area contributed by atoms with Gasteiger partial charge in [0.1, 0.15) is 12.1 Å². The van der Waals surface area contributed by atoms with Gasteiger partial charge in [-0.25, -0.2) is 9.97 Å². The molecule has 0 aromatic carbocycles. The molecule has 1 atom stereocenters. The van der Waals surface area contributed by atoms with Crippen LogP contribution in [0.25, 0.3) is 0 Å². The van der Waals surface area contributed by atoms with Crippen LogP contribution in [-0.4, -0.2) is 28.5 Å². The van der Waals surface area contributed by atoms with Crippen molar-refractivity contribution in [2.24, 2.45) is 5.92 Å². The molecule has 0 aliphatic heterocycles. The monoisotopic (exact) mass is 257 g/mol. The topological polar surface area (TPSA) is 47.0 Å². The first-order valence-corrected chi connectivity index (χ1v) is 6.43. The van der Waals surface area contributed by atoms with Gasteiger partial charge in [-0.15, -0.1) is 11.6 Å². The van der Waals surface area contributed by atoms with E-state index in [1.807, 2.05) is 19.9 Å². The first-order chi connectivity index (χ1) is 8.11. The summed E-state index contributed by atoms with van der Waals surface area (Å²) in [5.41, 5.74) is 0. The van der Waals surface area contributed by atoms with Crippen LogP contribution in [0.4, 0.5) is 5.82 Å². The predicted molar refractivity (Wildman–Crippen MR) is 70.8 cm³/mol. The molecule has 1 rings (SSSR count). The van der Waals surface area contributed by atoms with Crippen molar-refractivity contribution in [3.63, 3.8) is 0 Å². The Morgan fingerprint density at radius 3 is 2.76 bits per heavy atom. The predicted octanol–water partition coefficient (Wildman–Crippen LogP) is 2.94. The van der Waals surface area contributed by atoms with Gasteiger partial charge in [0.25, 0.3) is 0 Å².